The van der Waals surface area contributed by atoms with Crippen molar-refractivity contribution >= 4 is 42.2 Å². The monoisotopic (exact) mass is 513 g/mol. The van der Waals surface area contributed by atoms with Crippen molar-refractivity contribution in [2.45, 2.75) is 56.5 Å². The van der Waals surface area contributed by atoms with Crippen LogP contribution in [0.3, 0.4) is 0 Å². The molecule has 0 radical (unpaired) electrons. The zero-order chi connectivity index (χ0) is 26.7. The van der Waals surface area contributed by atoms with Crippen molar-refractivity contribution in [2.75, 3.05) is 5.75 Å². The number of carboxylic acids is 1. The molecule has 4 amide bonds. The number of aliphatic carboxylic acids is 1. The fraction of sp³-hybridized carbons (Fsp3) is 0.476. The summed E-state index contributed by atoms with van der Waals surface area (Å²) in [6.45, 7) is 1.20. The summed E-state index contributed by atoms with van der Waals surface area (Å²) in [6.07, 6.45) is -2.11. The van der Waals surface area contributed by atoms with E-state index in [1.807, 2.05) is 0 Å². The minimum absolute atomic E-state index is 0.0000333. The van der Waals surface area contributed by atoms with Crippen LogP contribution in [-0.4, -0.2) is 80.9 Å². The minimum Gasteiger partial charge on any atom is -0.508 e. The van der Waals surface area contributed by atoms with Crippen LogP contribution in [0.15, 0.2) is 24.3 Å². The van der Waals surface area contributed by atoms with Crippen LogP contribution in [0.25, 0.3) is 0 Å². The second-order valence-electron chi connectivity index (χ2n) is 7.85. The highest BCUT2D eigenvalue weighted by atomic mass is 32.1. The first-order chi connectivity index (χ1) is 16.3. The SMILES string of the molecule is CC(O)C(NC(=O)C(Cc1ccc(O)cc1)NC(=O)C(N)CS)C(=O)NC(CCC(N)=O)C(=O)O. The lowest BCUT2D eigenvalue weighted by atomic mass is 10.0. The van der Waals surface area contributed by atoms with Gasteiger partial charge in [0.15, 0.2) is 0 Å². The first-order valence-electron chi connectivity index (χ1n) is 10.6. The summed E-state index contributed by atoms with van der Waals surface area (Å²) in [5, 5.41) is 35.7. The normalized spacial score (nSPS) is 15.1. The van der Waals surface area contributed by atoms with Gasteiger partial charge in [-0.2, -0.15) is 12.6 Å². The second kappa shape index (κ2) is 14.1. The van der Waals surface area contributed by atoms with E-state index in [1.165, 1.54) is 31.2 Å². The quantitative estimate of drug-likeness (QED) is 0.118. The number of rotatable bonds is 14. The average molecular weight is 514 g/mol. The maximum atomic E-state index is 13.0. The summed E-state index contributed by atoms with van der Waals surface area (Å²) in [7, 11) is 0. The molecule has 13 nitrogen and oxygen atoms in total. The lowest BCUT2D eigenvalue weighted by Crippen LogP contribution is -2.60. The minimum atomic E-state index is -1.59. The van der Waals surface area contributed by atoms with Gasteiger partial charge in [0.2, 0.25) is 23.6 Å². The Balaban J connectivity index is 3.06. The average Bonchev–Trinajstić information content (AvgIpc) is 2.79. The van der Waals surface area contributed by atoms with Gasteiger partial charge in [0.25, 0.3) is 0 Å². The van der Waals surface area contributed by atoms with Gasteiger partial charge in [-0.05, 0) is 31.0 Å². The molecule has 0 fully saturated rings. The molecule has 1 aromatic carbocycles. The number of primary amides is 1. The maximum Gasteiger partial charge on any atom is 0.326 e. The molecule has 0 aliphatic rings. The molecule has 10 N–H and O–H groups in total. The number of nitrogens with two attached hydrogens (primary N) is 2. The first kappa shape index (κ1) is 29.7. The van der Waals surface area contributed by atoms with Crippen LogP contribution >= 0.6 is 12.6 Å². The number of nitrogens with one attached hydrogen (secondary N) is 3. The molecule has 194 valence electrons. The van der Waals surface area contributed by atoms with Gasteiger partial charge in [0, 0.05) is 18.6 Å². The third-order valence-electron chi connectivity index (χ3n) is 4.90. The van der Waals surface area contributed by atoms with Crippen LogP contribution in [0.2, 0.25) is 0 Å². The van der Waals surface area contributed by atoms with Crippen molar-refractivity contribution in [3.63, 3.8) is 0 Å². The molecular weight excluding hydrogens is 482 g/mol. The molecule has 5 unspecified atom stereocenters. The first-order valence-corrected chi connectivity index (χ1v) is 11.2. The zero-order valence-electron chi connectivity index (χ0n) is 19.0. The van der Waals surface area contributed by atoms with E-state index < -0.39 is 59.9 Å². The third kappa shape index (κ3) is 10.2. The van der Waals surface area contributed by atoms with Gasteiger partial charge >= 0.3 is 5.97 Å². The third-order valence-corrected chi connectivity index (χ3v) is 5.29. The van der Waals surface area contributed by atoms with Gasteiger partial charge in [0.05, 0.1) is 12.1 Å². The van der Waals surface area contributed by atoms with Crippen LogP contribution in [0.5, 0.6) is 5.75 Å². The highest BCUT2D eigenvalue weighted by Crippen LogP contribution is 2.12. The second-order valence-corrected chi connectivity index (χ2v) is 8.22. The number of benzene rings is 1. The van der Waals surface area contributed by atoms with E-state index in [-0.39, 0.29) is 30.8 Å². The van der Waals surface area contributed by atoms with Gasteiger partial charge in [-0.25, -0.2) is 4.79 Å². The van der Waals surface area contributed by atoms with Crippen LogP contribution < -0.4 is 27.4 Å². The number of aromatic hydroxyl groups is 1. The largest absolute Gasteiger partial charge is 0.508 e. The number of hydrogen-bond donors (Lipinski definition) is 9. The number of carbonyl (C=O) groups is 5. The van der Waals surface area contributed by atoms with E-state index in [1.54, 1.807) is 0 Å². The molecule has 0 aliphatic heterocycles. The molecule has 0 aromatic heterocycles. The number of hydrogen-bond acceptors (Lipinski definition) is 9. The van der Waals surface area contributed by atoms with Crippen LogP contribution in [0.4, 0.5) is 0 Å². The predicted molar refractivity (Wildman–Crippen MR) is 127 cm³/mol. The van der Waals surface area contributed by atoms with E-state index in [4.69, 9.17) is 11.5 Å². The van der Waals surface area contributed by atoms with Gasteiger partial charge in [-0.1, -0.05) is 12.1 Å². The fourth-order valence-corrected chi connectivity index (χ4v) is 3.07. The summed E-state index contributed by atoms with van der Waals surface area (Å²) in [5.41, 5.74) is 11.2. The molecule has 0 aliphatic carbocycles. The summed E-state index contributed by atoms with van der Waals surface area (Å²) >= 11 is 3.95. The van der Waals surface area contributed by atoms with Gasteiger partial charge in [-0.3, -0.25) is 19.2 Å². The Labute approximate surface area is 207 Å². The van der Waals surface area contributed by atoms with Crippen molar-refractivity contribution < 1.29 is 39.3 Å². The molecule has 0 bridgehead atoms. The molecule has 5 atom stereocenters. The molecular formula is C21H31N5O8S. The molecule has 0 saturated heterocycles. The summed E-state index contributed by atoms with van der Waals surface area (Å²) < 4.78 is 0. The number of phenolic OH excluding ortho intramolecular Hbond substituents is 1. The summed E-state index contributed by atoms with van der Waals surface area (Å²) in [5.74, 6) is -4.78. The summed E-state index contributed by atoms with van der Waals surface area (Å²) in [4.78, 5) is 60.3. The Morgan fingerprint density at radius 3 is 2.03 bits per heavy atom. The molecule has 0 heterocycles. The molecule has 35 heavy (non-hydrogen) atoms. The van der Waals surface area contributed by atoms with Crippen molar-refractivity contribution in [2.24, 2.45) is 11.5 Å². The number of thiol groups is 1. The summed E-state index contributed by atoms with van der Waals surface area (Å²) in [6, 6.07) is 0.476. The molecule has 1 rings (SSSR count). The number of aliphatic hydroxyl groups is 1. The highest BCUT2D eigenvalue weighted by molar-refractivity contribution is 7.80. The maximum absolute atomic E-state index is 13.0. The van der Waals surface area contributed by atoms with E-state index in [0.717, 1.165) is 0 Å². The smallest absolute Gasteiger partial charge is 0.326 e. The van der Waals surface area contributed by atoms with Crippen LogP contribution in [-0.2, 0) is 30.4 Å². The topological polar surface area (TPSA) is 234 Å². The number of phenols is 1. The van der Waals surface area contributed by atoms with Crippen LogP contribution in [0.1, 0.15) is 25.3 Å². The number of amides is 4. The van der Waals surface area contributed by atoms with E-state index >= 15 is 0 Å². The Hall–Kier alpha value is -3.36. The number of carbonyl (C=O) groups excluding carboxylic acids is 4. The Morgan fingerprint density at radius 1 is 0.971 bits per heavy atom. The lowest BCUT2D eigenvalue weighted by Gasteiger charge is -2.26. The molecule has 1 aromatic rings. The van der Waals surface area contributed by atoms with E-state index in [0.29, 0.717) is 5.56 Å². The highest BCUT2D eigenvalue weighted by Gasteiger charge is 2.32. The van der Waals surface area contributed by atoms with Gasteiger partial charge < -0.3 is 42.7 Å². The van der Waals surface area contributed by atoms with Crippen molar-refractivity contribution in [3.8, 4) is 5.75 Å². The van der Waals surface area contributed by atoms with Crippen LogP contribution in [0, 0.1) is 0 Å². The Bertz CT molecular complexity index is 911. The van der Waals surface area contributed by atoms with E-state index in [2.05, 4.69) is 28.6 Å². The standard InChI is InChI=1S/C21H31N5O8S/c1-10(27)17(20(32)24-14(21(33)34)6-7-16(23)29)26-19(31)15(25-18(30)13(22)9-35)8-11-2-4-12(28)5-3-11/h2-5,10,13-15,17,27-28,35H,6-9,22H2,1H3,(H2,23,29)(H,24,32)(H,25,30)(H,26,31)(H,33,34). The predicted octanol–water partition coefficient (Wildman–Crippen LogP) is -2.62. The van der Waals surface area contributed by atoms with Crippen molar-refractivity contribution in [1.82, 2.24) is 16.0 Å². The van der Waals surface area contributed by atoms with Crippen molar-refractivity contribution in [3.05, 3.63) is 29.8 Å². The molecule has 0 saturated carbocycles. The number of carboxylic acid groups (broad SMARTS) is 1. The fourth-order valence-electron chi connectivity index (χ4n) is 2.90. The van der Waals surface area contributed by atoms with Gasteiger partial charge in [-0.15, -0.1) is 0 Å². The van der Waals surface area contributed by atoms with Crippen molar-refractivity contribution in [1.29, 1.82) is 0 Å². The molecule has 14 heteroatoms. The van der Waals surface area contributed by atoms with Gasteiger partial charge in [0.1, 0.15) is 23.9 Å². The van der Waals surface area contributed by atoms with E-state index in [9.17, 15) is 39.3 Å². The Morgan fingerprint density at radius 2 is 1.54 bits per heavy atom. The Kier molecular flexibility index (Phi) is 12.0. The molecule has 0 spiro atoms. The zero-order valence-corrected chi connectivity index (χ0v) is 19.9. The lowest BCUT2D eigenvalue weighted by molar-refractivity contribution is -0.143. The number of aliphatic hydroxyl groups excluding tert-OH is 1.